The molecule has 0 radical (unpaired) electrons. The summed E-state index contributed by atoms with van der Waals surface area (Å²) in [7, 11) is 0. The van der Waals surface area contributed by atoms with Crippen LogP contribution in [0.1, 0.15) is 13.3 Å². The zero-order chi connectivity index (χ0) is 9.84. The Morgan fingerprint density at radius 2 is 2.46 bits per heavy atom. The van der Waals surface area contributed by atoms with Crippen LogP contribution in [0, 0.1) is 0 Å². The van der Waals surface area contributed by atoms with Gasteiger partial charge in [-0.2, -0.15) is 0 Å². The van der Waals surface area contributed by atoms with Crippen LogP contribution < -0.4 is 5.32 Å². The molecule has 1 atom stereocenters. The number of rotatable bonds is 4. The maximum Gasteiger partial charge on any atom is 0.326 e. The molecule has 0 aromatic carbocycles. The topological polar surface area (TPSA) is 49.3 Å². The van der Waals surface area contributed by atoms with Crippen molar-refractivity contribution in [2.75, 3.05) is 5.32 Å². The minimum atomic E-state index is -0.841. The van der Waals surface area contributed by atoms with E-state index in [1.54, 1.807) is 12.1 Å². The van der Waals surface area contributed by atoms with Gasteiger partial charge in [0.15, 0.2) is 0 Å². The molecule has 72 valence electrons. The molecule has 0 saturated carbocycles. The van der Waals surface area contributed by atoms with Crippen LogP contribution >= 0.6 is 22.9 Å². The zero-order valence-corrected chi connectivity index (χ0v) is 8.65. The van der Waals surface area contributed by atoms with E-state index in [9.17, 15) is 4.79 Å². The molecule has 2 N–H and O–H groups in total. The van der Waals surface area contributed by atoms with Crippen LogP contribution in [0.2, 0.25) is 4.34 Å². The number of carbonyl (C=O) groups is 1. The fourth-order valence-electron chi connectivity index (χ4n) is 0.902. The van der Waals surface area contributed by atoms with Crippen LogP contribution in [0.4, 0.5) is 5.00 Å². The highest BCUT2D eigenvalue weighted by Gasteiger charge is 2.14. The molecule has 0 aliphatic heterocycles. The lowest BCUT2D eigenvalue weighted by atomic mass is 10.2. The number of thiophene rings is 1. The van der Waals surface area contributed by atoms with E-state index in [1.807, 2.05) is 6.92 Å². The summed E-state index contributed by atoms with van der Waals surface area (Å²) in [5, 5.41) is 12.4. The van der Waals surface area contributed by atoms with Gasteiger partial charge in [0.25, 0.3) is 0 Å². The van der Waals surface area contributed by atoms with Crippen molar-refractivity contribution in [2.24, 2.45) is 0 Å². The highest BCUT2D eigenvalue weighted by molar-refractivity contribution is 7.19. The van der Waals surface area contributed by atoms with Crippen LogP contribution in [-0.2, 0) is 4.79 Å². The molecule has 0 spiro atoms. The Morgan fingerprint density at radius 1 is 1.77 bits per heavy atom. The Labute approximate surface area is 85.3 Å². The molecule has 5 heteroatoms. The van der Waals surface area contributed by atoms with E-state index in [4.69, 9.17) is 16.7 Å². The standard InChI is InChI=1S/C8H10ClNO2S/c1-2-5(8(11)12)10-7-4-3-6(9)13-7/h3-5,10H,2H2,1H3,(H,11,12). The van der Waals surface area contributed by atoms with E-state index in [2.05, 4.69) is 5.32 Å². The minimum absolute atomic E-state index is 0.533. The molecule has 1 aromatic heterocycles. The molecule has 1 aromatic rings. The molecule has 1 rings (SSSR count). The summed E-state index contributed by atoms with van der Waals surface area (Å²) < 4.78 is 0.655. The van der Waals surface area contributed by atoms with Crippen molar-refractivity contribution in [2.45, 2.75) is 19.4 Å². The first-order chi connectivity index (χ1) is 6.13. The molecule has 1 unspecified atom stereocenters. The normalized spacial score (nSPS) is 12.5. The van der Waals surface area contributed by atoms with E-state index in [0.717, 1.165) is 5.00 Å². The number of carboxylic acid groups (broad SMARTS) is 1. The van der Waals surface area contributed by atoms with Gasteiger partial charge < -0.3 is 10.4 Å². The van der Waals surface area contributed by atoms with Crippen molar-refractivity contribution < 1.29 is 9.90 Å². The molecular formula is C8H10ClNO2S. The predicted octanol–water partition coefficient (Wildman–Crippen LogP) is 2.68. The first-order valence-corrected chi connectivity index (χ1v) is 5.07. The first-order valence-electron chi connectivity index (χ1n) is 3.88. The number of anilines is 1. The minimum Gasteiger partial charge on any atom is -0.480 e. The van der Waals surface area contributed by atoms with Crippen molar-refractivity contribution in [3.63, 3.8) is 0 Å². The smallest absolute Gasteiger partial charge is 0.326 e. The van der Waals surface area contributed by atoms with Gasteiger partial charge in [0.2, 0.25) is 0 Å². The number of nitrogens with one attached hydrogen (secondary N) is 1. The molecule has 0 fully saturated rings. The third kappa shape index (κ3) is 2.90. The molecule has 13 heavy (non-hydrogen) atoms. The highest BCUT2D eigenvalue weighted by Crippen LogP contribution is 2.26. The van der Waals surface area contributed by atoms with Crippen LogP contribution in [0.5, 0.6) is 0 Å². The lowest BCUT2D eigenvalue weighted by molar-refractivity contribution is -0.137. The van der Waals surface area contributed by atoms with Crippen LogP contribution in [0.15, 0.2) is 12.1 Å². The second-order valence-electron chi connectivity index (χ2n) is 2.55. The molecule has 0 aliphatic carbocycles. The summed E-state index contributed by atoms with van der Waals surface area (Å²) in [5.41, 5.74) is 0. The van der Waals surface area contributed by atoms with Crippen molar-refractivity contribution in [1.29, 1.82) is 0 Å². The SMILES string of the molecule is CCC(Nc1ccc(Cl)s1)C(=O)O. The van der Waals surface area contributed by atoms with E-state index in [-0.39, 0.29) is 0 Å². The quantitative estimate of drug-likeness (QED) is 0.819. The lowest BCUT2D eigenvalue weighted by Crippen LogP contribution is -2.27. The third-order valence-electron chi connectivity index (χ3n) is 1.60. The number of hydrogen-bond donors (Lipinski definition) is 2. The zero-order valence-electron chi connectivity index (χ0n) is 7.08. The van der Waals surface area contributed by atoms with Crippen molar-refractivity contribution >= 4 is 33.9 Å². The summed E-state index contributed by atoms with van der Waals surface area (Å²) in [6.45, 7) is 1.82. The van der Waals surface area contributed by atoms with Crippen LogP contribution in [0.25, 0.3) is 0 Å². The number of hydrogen-bond acceptors (Lipinski definition) is 3. The molecule has 0 aliphatic rings. The van der Waals surface area contributed by atoms with Gasteiger partial charge in [-0.05, 0) is 18.6 Å². The Balaban J connectivity index is 2.61. The van der Waals surface area contributed by atoms with E-state index in [1.165, 1.54) is 11.3 Å². The molecule has 0 saturated heterocycles. The van der Waals surface area contributed by atoms with Gasteiger partial charge in [-0.1, -0.05) is 18.5 Å². The fraction of sp³-hybridized carbons (Fsp3) is 0.375. The maximum absolute atomic E-state index is 10.7. The Bertz CT molecular complexity index is 300. The third-order valence-corrected chi connectivity index (χ3v) is 2.76. The van der Waals surface area contributed by atoms with Gasteiger partial charge in [0.1, 0.15) is 6.04 Å². The summed E-state index contributed by atoms with van der Waals surface area (Å²) in [4.78, 5) is 10.7. The number of carboxylic acids is 1. The Hall–Kier alpha value is -0.740. The molecule has 3 nitrogen and oxygen atoms in total. The predicted molar refractivity (Wildman–Crippen MR) is 54.7 cm³/mol. The number of halogens is 1. The molecule has 0 amide bonds. The largest absolute Gasteiger partial charge is 0.480 e. The molecule has 0 bridgehead atoms. The van der Waals surface area contributed by atoms with Gasteiger partial charge in [0, 0.05) is 0 Å². The van der Waals surface area contributed by atoms with Crippen molar-refractivity contribution in [3.05, 3.63) is 16.5 Å². The second-order valence-corrected chi connectivity index (χ2v) is 4.26. The van der Waals surface area contributed by atoms with Gasteiger partial charge in [0.05, 0.1) is 9.34 Å². The Kier molecular flexibility index (Phi) is 3.57. The average molecular weight is 220 g/mol. The van der Waals surface area contributed by atoms with Crippen LogP contribution in [-0.4, -0.2) is 17.1 Å². The fourth-order valence-corrected chi connectivity index (χ4v) is 1.90. The van der Waals surface area contributed by atoms with Gasteiger partial charge in [-0.25, -0.2) is 4.79 Å². The first kappa shape index (κ1) is 10.3. The van der Waals surface area contributed by atoms with Crippen LogP contribution in [0.3, 0.4) is 0 Å². The summed E-state index contributed by atoms with van der Waals surface area (Å²) >= 11 is 7.04. The number of aliphatic carboxylic acids is 1. The highest BCUT2D eigenvalue weighted by atomic mass is 35.5. The monoisotopic (exact) mass is 219 g/mol. The summed E-state index contributed by atoms with van der Waals surface area (Å²) in [5.74, 6) is -0.841. The van der Waals surface area contributed by atoms with Gasteiger partial charge in [-0.3, -0.25) is 0 Å². The van der Waals surface area contributed by atoms with E-state index in [0.29, 0.717) is 10.8 Å². The van der Waals surface area contributed by atoms with Crippen molar-refractivity contribution in [1.82, 2.24) is 0 Å². The van der Waals surface area contributed by atoms with Gasteiger partial charge >= 0.3 is 5.97 Å². The summed E-state index contributed by atoms with van der Waals surface area (Å²) in [6, 6.07) is 2.98. The van der Waals surface area contributed by atoms with Crippen molar-refractivity contribution in [3.8, 4) is 0 Å². The summed E-state index contributed by atoms with van der Waals surface area (Å²) in [6.07, 6.45) is 0.546. The molecule has 1 heterocycles. The maximum atomic E-state index is 10.7. The second kappa shape index (κ2) is 4.48. The average Bonchev–Trinajstić information content (AvgIpc) is 2.46. The van der Waals surface area contributed by atoms with E-state index < -0.39 is 12.0 Å². The Morgan fingerprint density at radius 3 is 2.85 bits per heavy atom. The van der Waals surface area contributed by atoms with Gasteiger partial charge in [-0.15, -0.1) is 11.3 Å². The molecular weight excluding hydrogens is 210 g/mol. The van der Waals surface area contributed by atoms with E-state index >= 15 is 0 Å². The lowest BCUT2D eigenvalue weighted by Gasteiger charge is -2.10.